The van der Waals surface area contributed by atoms with Gasteiger partial charge < -0.3 is 0 Å². The normalized spacial score (nSPS) is 11.6. The molecule has 2 rings (SSSR count). The molecular weight excluding hydrogens is 352 g/mol. The van der Waals surface area contributed by atoms with Crippen molar-refractivity contribution >= 4 is 20.2 Å². The molecule has 0 fully saturated rings. The lowest BCUT2D eigenvalue weighted by Crippen LogP contribution is -2.01. The summed E-state index contributed by atoms with van der Waals surface area (Å²) < 4.78 is 60.5. The van der Waals surface area contributed by atoms with Gasteiger partial charge in [0.2, 0.25) is 0 Å². The van der Waals surface area contributed by atoms with Gasteiger partial charge in [-0.15, -0.1) is 0 Å². The van der Waals surface area contributed by atoms with Gasteiger partial charge in [0.05, 0.1) is 9.79 Å². The van der Waals surface area contributed by atoms with Gasteiger partial charge in [-0.05, 0) is 56.5 Å². The molecule has 0 aliphatic carbocycles. The van der Waals surface area contributed by atoms with Gasteiger partial charge in [0.25, 0.3) is 20.2 Å². The van der Waals surface area contributed by atoms with Gasteiger partial charge in [-0.2, -0.15) is 16.8 Å². The summed E-state index contributed by atoms with van der Waals surface area (Å²) in [6.45, 7) is 6.97. The van der Waals surface area contributed by atoms with Gasteiger partial charge in [0.15, 0.2) is 0 Å². The van der Waals surface area contributed by atoms with Crippen molar-refractivity contribution < 1.29 is 25.9 Å². The number of benzene rings is 2. The lowest BCUT2D eigenvalue weighted by atomic mass is 10.1. The summed E-state index contributed by atoms with van der Waals surface area (Å²) in [6, 6.07) is 9.55. The van der Waals surface area contributed by atoms with Crippen LogP contribution in [0, 0.1) is 27.7 Å². The Morgan fingerprint density at radius 2 is 1.25 bits per heavy atom. The van der Waals surface area contributed by atoms with Crippen molar-refractivity contribution in [3.63, 3.8) is 0 Å². The fraction of sp³-hybridized carbons (Fsp3) is 0.250. The van der Waals surface area contributed by atoms with Crippen molar-refractivity contribution in [3.8, 4) is 0 Å². The van der Waals surface area contributed by atoms with Crippen LogP contribution in [0.3, 0.4) is 0 Å². The molecule has 24 heavy (non-hydrogen) atoms. The van der Waals surface area contributed by atoms with E-state index in [1.54, 1.807) is 45.0 Å². The van der Waals surface area contributed by atoms with E-state index in [1.807, 2.05) is 6.92 Å². The maximum atomic E-state index is 10.8. The first-order valence-electron chi connectivity index (χ1n) is 6.92. The van der Waals surface area contributed by atoms with Crippen LogP contribution in [0.15, 0.2) is 46.2 Å². The largest absolute Gasteiger partial charge is 0.294 e. The Kier molecular flexibility index (Phi) is 6.29. The van der Waals surface area contributed by atoms with Gasteiger partial charge in [0.1, 0.15) is 0 Å². The molecule has 0 aliphatic rings. The van der Waals surface area contributed by atoms with E-state index in [2.05, 4.69) is 0 Å². The molecule has 0 aliphatic heterocycles. The highest BCUT2D eigenvalue weighted by molar-refractivity contribution is 7.86. The molecule has 0 atom stereocenters. The van der Waals surface area contributed by atoms with E-state index in [0.29, 0.717) is 11.1 Å². The minimum atomic E-state index is -4.06. The average molecular weight is 372 g/mol. The van der Waals surface area contributed by atoms with Gasteiger partial charge in [-0.1, -0.05) is 29.8 Å². The maximum Gasteiger partial charge on any atom is 0.294 e. The number of rotatable bonds is 2. The third kappa shape index (κ3) is 5.41. The smallest absolute Gasteiger partial charge is 0.282 e. The third-order valence-electron chi connectivity index (χ3n) is 3.44. The molecule has 0 saturated heterocycles. The second-order valence-corrected chi connectivity index (χ2v) is 8.20. The number of aryl methyl sites for hydroxylation is 3. The highest BCUT2D eigenvalue weighted by Gasteiger charge is 2.13. The van der Waals surface area contributed by atoms with E-state index in [4.69, 9.17) is 9.11 Å². The van der Waals surface area contributed by atoms with Crippen LogP contribution in [0.25, 0.3) is 0 Å². The Labute approximate surface area is 142 Å². The zero-order valence-electron chi connectivity index (χ0n) is 13.8. The van der Waals surface area contributed by atoms with Crippen molar-refractivity contribution in [2.45, 2.75) is 37.5 Å². The van der Waals surface area contributed by atoms with E-state index >= 15 is 0 Å². The van der Waals surface area contributed by atoms with Gasteiger partial charge in [-0.3, -0.25) is 9.11 Å². The summed E-state index contributed by atoms with van der Waals surface area (Å²) in [5.74, 6) is 0. The first kappa shape index (κ1) is 20.3. The number of hydrogen-bond donors (Lipinski definition) is 2. The average Bonchev–Trinajstić information content (AvgIpc) is 2.39. The van der Waals surface area contributed by atoms with Crippen LogP contribution >= 0.6 is 0 Å². The van der Waals surface area contributed by atoms with Crippen LogP contribution in [-0.4, -0.2) is 25.9 Å². The first-order chi connectivity index (χ1) is 10.8. The lowest BCUT2D eigenvalue weighted by Gasteiger charge is -2.03. The molecule has 0 saturated carbocycles. The van der Waals surface area contributed by atoms with E-state index in [1.165, 1.54) is 12.1 Å². The molecule has 2 aromatic carbocycles. The summed E-state index contributed by atoms with van der Waals surface area (Å²) in [5, 5.41) is 0. The van der Waals surface area contributed by atoms with Crippen LogP contribution < -0.4 is 0 Å². The van der Waals surface area contributed by atoms with Crippen molar-refractivity contribution in [2.75, 3.05) is 0 Å². The molecule has 0 radical (unpaired) electrons. The van der Waals surface area contributed by atoms with Gasteiger partial charge in [0, 0.05) is 0 Å². The molecule has 0 bridgehead atoms. The van der Waals surface area contributed by atoms with E-state index in [0.717, 1.165) is 11.1 Å². The maximum absolute atomic E-state index is 10.8. The molecule has 2 aromatic rings. The Balaban J connectivity index is 0.000000240. The SMILES string of the molecule is Cc1ccc(S(=O)(=O)O)c(C)c1.Cc1cccc(S(=O)(=O)O)c1C. The van der Waals surface area contributed by atoms with Crippen molar-refractivity contribution in [2.24, 2.45) is 0 Å². The molecule has 0 heterocycles. The predicted octanol–water partition coefficient (Wildman–Crippen LogP) is 3.10. The van der Waals surface area contributed by atoms with Crippen molar-refractivity contribution in [1.29, 1.82) is 0 Å². The van der Waals surface area contributed by atoms with E-state index in [9.17, 15) is 16.8 Å². The second kappa shape index (κ2) is 7.43. The standard InChI is InChI=1S/2C8H10O3S/c1-6-3-4-8(7(2)5-6)12(9,10)11;1-6-4-3-5-8(7(6)2)12(9,10)11/h2*3-5H,1-2H3,(H,9,10,11). The molecule has 8 heteroatoms. The topological polar surface area (TPSA) is 109 Å². The molecule has 0 unspecified atom stereocenters. The molecule has 0 aromatic heterocycles. The fourth-order valence-corrected chi connectivity index (χ4v) is 3.60. The minimum absolute atomic E-state index is 0.0116. The highest BCUT2D eigenvalue weighted by atomic mass is 32.2. The number of hydrogen-bond acceptors (Lipinski definition) is 4. The first-order valence-corrected chi connectivity index (χ1v) is 9.80. The Bertz CT molecular complexity index is 945. The van der Waals surface area contributed by atoms with E-state index in [-0.39, 0.29) is 9.79 Å². The molecular formula is C16H20O6S2. The molecule has 2 N–H and O–H groups in total. The van der Waals surface area contributed by atoms with Crippen LogP contribution in [0.2, 0.25) is 0 Å². The minimum Gasteiger partial charge on any atom is -0.282 e. The molecule has 0 spiro atoms. The summed E-state index contributed by atoms with van der Waals surface area (Å²) in [5.41, 5.74) is 2.99. The zero-order chi connectivity index (χ0) is 18.7. The van der Waals surface area contributed by atoms with E-state index < -0.39 is 20.2 Å². The van der Waals surface area contributed by atoms with Crippen LogP contribution in [0.1, 0.15) is 22.3 Å². The molecule has 0 amide bonds. The molecule has 6 nitrogen and oxygen atoms in total. The fourth-order valence-electron chi connectivity index (χ4n) is 2.09. The second-order valence-electron chi connectivity index (χ2n) is 5.42. The van der Waals surface area contributed by atoms with Crippen LogP contribution in [0.5, 0.6) is 0 Å². The van der Waals surface area contributed by atoms with Crippen molar-refractivity contribution in [1.82, 2.24) is 0 Å². The summed E-state index contributed by atoms with van der Waals surface area (Å²) >= 11 is 0. The summed E-state index contributed by atoms with van der Waals surface area (Å²) in [4.78, 5) is -0.0319. The predicted molar refractivity (Wildman–Crippen MR) is 91.5 cm³/mol. The quantitative estimate of drug-likeness (QED) is 0.784. The molecule has 132 valence electrons. The lowest BCUT2D eigenvalue weighted by molar-refractivity contribution is 0.480. The third-order valence-corrected chi connectivity index (χ3v) is 5.45. The summed E-state index contributed by atoms with van der Waals surface area (Å²) in [7, 11) is -8.11. The van der Waals surface area contributed by atoms with Crippen LogP contribution in [-0.2, 0) is 20.2 Å². The van der Waals surface area contributed by atoms with Gasteiger partial charge in [-0.25, -0.2) is 0 Å². The Morgan fingerprint density at radius 1 is 0.708 bits per heavy atom. The Hall–Kier alpha value is -1.74. The Morgan fingerprint density at radius 3 is 1.67 bits per heavy atom. The van der Waals surface area contributed by atoms with Crippen molar-refractivity contribution in [3.05, 3.63) is 58.7 Å². The van der Waals surface area contributed by atoms with Gasteiger partial charge >= 0.3 is 0 Å². The zero-order valence-corrected chi connectivity index (χ0v) is 15.4. The monoisotopic (exact) mass is 372 g/mol. The van der Waals surface area contributed by atoms with Crippen LogP contribution in [0.4, 0.5) is 0 Å². The highest BCUT2D eigenvalue weighted by Crippen LogP contribution is 2.17. The summed E-state index contributed by atoms with van der Waals surface area (Å²) in [6.07, 6.45) is 0.